The molecule has 2 fully saturated rings. The number of ketones is 2. The van der Waals surface area contributed by atoms with Crippen molar-refractivity contribution in [3.8, 4) is 0 Å². The summed E-state index contributed by atoms with van der Waals surface area (Å²) >= 11 is 0. The number of hydrogen-bond acceptors (Lipinski definition) is 8. The number of carbonyl (C=O) groups excluding carboxylic acids is 5. The van der Waals surface area contributed by atoms with Crippen LogP contribution in [-0.4, -0.2) is 41.6 Å². The van der Waals surface area contributed by atoms with Gasteiger partial charge in [-0.05, 0) is 48.9 Å². The first-order valence-corrected chi connectivity index (χ1v) is 12.1. The summed E-state index contributed by atoms with van der Waals surface area (Å²) in [7, 11) is 0. The summed E-state index contributed by atoms with van der Waals surface area (Å²) in [5, 5.41) is 0. The predicted molar refractivity (Wildman–Crippen MR) is 130 cm³/mol. The van der Waals surface area contributed by atoms with Gasteiger partial charge in [-0.15, -0.1) is 0 Å². The van der Waals surface area contributed by atoms with Gasteiger partial charge in [0.25, 0.3) is 0 Å². The fourth-order valence-electron chi connectivity index (χ4n) is 6.03. The van der Waals surface area contributed by atoms with Gasteiger partial charge in [-0.1, -0.05) is 36.4 Å². The van der Waals surface area contributed by atoms with Gasteiger partial charge < -0.3 is 14.4 Å². The van der Waals surface area contributed by atoms with Crippen LogP contribution < -0.4 is 4.90 Å². The van der Waals surface area contributed by atoms with E-state index < -0.39 is 58.7 Å². The van der Waals surface area contributed by atoms with Crippen LogP contribution in [0.5, 0.6) is 0 Å². The molecule has 6 rings (SSSR count). The molecule has 3 aromatic carbocycles. The van der Waals surface area contributed by atoms with E-state index in [-0.39, 0.29) is 23.3 Å². The van der Waals surface area contributed by atoms with Gasteiger partial charge in [0.15, 0.2) is 17.1 Å². The van der Waals surface area contributed by atoms with Crippen molar-refractivity contribution in [2.75, 3.05) is 11.5 Å². The van der Waals surface area contributed by atoms with Crippen LogP contribution in [0.3, 0.4) is 0 Å². The van der Waals surface area contributed by atoms with E-state index in [1.54, 1.807) is 19.1 Å². The lowest BCUT2D eigenvalue weighted by Gasteiger charge is -2.39. The van der Waals surface area contributed by atoms with E-state index in [9.17, 15) is 28.4 Å². The van der Waals surface area contributed by atoms with Crippen molar-refractivity contribution < 1.29 is 37.8 Å². The molecule has 0 unspecified atom stereocenters. The molecule has 0 N–H and O–H groups in total. The number of carbonyl (C=O) groups is 5. The van der Waals surface area contributed by atoms with Crippen LogP contribution in [0, 0.1) is 17.7 Å². The van der Waals surface area contributed by atoms with Crippen LogP contribution in [-0.2, 0) is 19.1 Å². The molecule has 190 valence electrons. The number of halogens is 1. The highest BCUT2D eigenvalue weighted by Gasteiger charge is 2.76. The van der Waals surface area contributed by atoms with Crippen LogP contribution in [0.4, 0.5) is 10.1 Å². The molecular formula is C29H20FNO7. The van der Waals surface area contributed by atoms with Gasteiger partial charge in [-0.2, -0.15) is 0 Å². The molecule has 3 aliphatic rings. The topological polar surface area (TPSA) is 107 Å². The Labute approximate surface area is 216 Å². The van der Waals surface area contributed by atoms with E-state index in [2.05, 4.69) is 0 Å². The third-order valence-electron chi connectivity index (χ3n) is 7.51. The second kappa shape index (κ2) is 8.44. The van der Waals surface area contributed by atoms with Gasteiger partial charge in [0.1, 0.15) is 11.7 Å². The maximum Gasteiger partial charge on any atom is 0.338 e. The molecule has 3 atom stereocenters. The van der Waals surface area contributed by atoms with Gasteiger partial charge in [-0.25, -0.2) is 9.18 Å². The first-order chi connectivity index (χ1) is 18.3. The zero-order valence-electron chi connectivity index (χ0n) is 20.1. The van der Waals surface area contributed by atoms with Crippen molar-refractivity contribution in [2.24, 2.45) is 11.8 Å². The maximum atomic E-state index is 14.2. The standard InChI is InChI=1S/C29H20FNO7/c1-2-37-26(34)16-9-13-18(14-10-16)31-23(15-7-11-17(30)12-8-15)21-22(28(36)38-27(21)35)29(31)24(32)19-5-3-4-6-20(19)25(29)33/h3-14,21-23H,2H2,1H3/t21-,22-,23-/m1/s1. The molecule has 2 aliphatic heterocycles. The zero-order chi connectivity index (χ0) is 26.8. The number of hydrogen-bond donors (Lipinski definition) is 0. The van der Waals surface area contributed by atoms with Crippen molar-refractivity contribution >= 4 is 35.2 Å². The number of benzene rings is 3. The summed E-state index contributed by atoms with van der Waals surface area (Å²) in [6, 6.07) is 16.6. The summed E-state index contributed by atoms with van der Waals surface area (Å²) in [4.78, 5) is 68.4. The van der Waals surface area contributed by atoms with E-state index in [0.29, 0.717) is 11.3 Å². The molecule has 9 heteroatoms. The zero-order valence-corrected chi connectivity index (χ0v) is 20.1. The summed E-state index contributed by atoms with van der Waals surface area (Å²) in [6.45, 7) is 1.86. The van der Waals surface area contributed by atoms with E-state index in [1.807, 2.05) is 0 Å². The van der Waals surface area contributed by atoms with Crippen molar-refractivity contribution in [1.29, 1.82) is 0 Å². The number of rotatable bonds is 4. The highest BCUT2D eigenvalue weighted by atomic mass is 19.1. The fraction of sp³-hybridized carbons (Fsp3) is 0.207. The third kappa shape index (κ3) is 3.04. The Bertz CT molecular complexity index is 1490. The van der Waals surface area contributed by atoms with Crippen LogP contribution >= 0.6 is 0 Å². The fourth-order valence-corrected chi connectivity index (χ4v) is 6.03. The lowest BCUT2D eigenvalue weighted by atomic mass is 9.76. The van der Waals surface area contributed by atoms with E-state index >= 15 is 0 Å². The molecule has 38 heavy (non-hydrogen) atoms. The van der Waals surface area contributed by atoms with Crippen molar-refractivity contribution in [3.63, 3.8) is 0 Å². The molecule has 0 saturated carbocycles. The largest absolute Gasteiger partial charge is 0.462 e. The first-order valence-electron chi connectivity index (χ1n) is 12.1. The Balaban J connectivity index is 1.61. The molecule has 2 saturated heterocycles. The molecule has 8 nitrogen and oxygen atoms in total. The molecule has 0 amide bonds. The number of ether oxygens (including phenoxy) is 2. The Morgan fingerprint density at radius 2 is 1.50 bits per heavy atom. The summed E-state index contributed by atoms with van der Waals surface area (Å²) < 4.78 is 23.9. The number of anilines is 1. The average Bonchev–Trinajstić information content (AvgIpc) is 3.48. The van der Waals surface area contributed by atoms with Crippen LogP contribution in [0.25, 0.3) is 0 Å². The molecule has 1 aliphatic carbocycles. The second-order valence-electron chi connectivity index (χ2n) is 9.35. The minimum Gasteiger partial charge on any atom is -0.462 e. The third-order valence-corrected chi connectivity index (χ3v) is 7.51. The van der Waals surface area contributed by atoms with Gasteiger partial charge in [0, 0.05) is 16.8 Å². The Morgan fingerprint density at radius 3 is 2.08 bits per heavy atom. The minimum absolute atomic E-state index is 0.135. The highest BCUT2D eigenvalue weighted by Crippen LogP contribution is 2.59. The molecular weight excluding hydrogens is 493 g/mol. The number of fused-ring (bicyclic) bond motifs is 3. The summed E-state index contributed by atoms with van der Waals surface area (Å²) in [5.41, 5.74) is -0.868. The summed E-state index contributed by atoms with van der Waals surface area (Å²) in [5.74, 6) is -6.79. The van der Waals surface area contributed by atoms with Crippen LogP contribution in [0.1, 0.15) is 49.6 Å². The lowest BCUT2D eigenvalue weighted by Crippen LogP contribution is -2.59. The molecule has 1 spiro atoms. The van der Waals surface area contributed by atoms with E-state index in [1.165, 1.54) is 65.6 Å². The highest BCUT2D eigenvalue weighted by molar-refractivity contribution is 6.37. The molecule has 0 bridgehead atoms. The van der Waals surface area contributed by atoms with Gasteiger partial charge in [0.2, 0.25) is 0 Å². The Hall–Kier alpha value is -4.66. The number of cyclic esters (lactones) is 2. The maximum absolute atomic E-state index is 14.2. The monoisotopic (exact) mass is 513 g/mol. The molecule has 2 heterocycles. The van der Waals surface area contributed by atoms with E-state index in [4.69, 9.17) is 9.47 Å². The van der Waals surface area contributed by atoms with Gasteiger partial charge in [-0.3, -0.25) is 19.2 Å². The molecule has 0 aromatic heterocycles. The van der Waals surface area contributed by atoms with Crippen LogP contribution in [0.2, 0.25) is 0 Å². The average molecular weight is 513 g/mol. The second-order valence-corrected chi connectivity index (χ2v) is 9.35. The normalized spacial score (nSPS) is 23.0. The van der Waals surface area contributed by atoms with Crippen molar-refractivity contribution in [3.05, 3.63) is 101 Å². The van der Waals surface area contributed by atoms with E-state index in [0.717, 1.165) is 0 Å². The quantitative estimate of drug-likeness (QED) is 0.384. The lowest BCUT2D eigenvalue weighted by molar-refractivity contribution is -0.154. The molecule has 0 radical (unpaired) electrons. The van der Waals surface area contributed by atoms with Gasteiger partial charge in [0.05, 0.1) is 24.1 Å². The van der Waals surface area contributed by atoms with Crippen LogP contribution in [0.15, 0.2) is 72.8 Å². The van der Waals surface area contributed by atoms with Gasteiger partial charge >= 0.3 is 17.9 Å². The smallest absolute Gasteiger partial charge is 0.338 e. The number of esters is 3. The number of Topliss-reactive ketones (excluding diaryl/α,β-unsaturated/α-hetero) is 2. The SMILES string of the molecule is CCOC(=O)c1ccc(N2[C@H](c3ccc(F)cc3)[C@@H]3C(=O)OC(=O)[C@@H]3C23C(=O)c2ccccc2C3=O)cc1. The molecule has 3 aromatic rings. The van der Waals surface area contributed by atoms with Crippen molar-refractivity contribution in [2.45, 2.75) is 18.5 Å². The minimum atomic E-state index is -2.11. The number of nitrogens with zero attached hydrogens (tertiary/aromatic N) is 1. The summed E-state index contributed by atoms with van der Waals surface area (Å²) in [6.07, 6.45) is 0. The Morgan fingerprint density at radius 1 is 0.895 bits per heavy atom. The first kappa shape index (κ1) is 23.7. The predicted octanol–water partition coefficient (Wildman–Crippen LogP) is 3.70. The van der Waals surface area contributed by atoms with Crippen molar-refractivity contribution in [1.82, 2.24) is 0 Å². The Kier molecular flexibility index (Phi) is 5.27.